The molecule has 0 spiro atoms. The fourth-order valence-electron chi connectivity index (χ4n) is 2.29. The maximum Gasteiger partial charge on any atom is 0.416 e. The summed E-state index contributed by atoms with van der Waals surface area (Å²) in [6, 6.07) is 5.42. The third kappa shape index (κ3) is 4.68. The van der Waals surface area contributed by atoms with Crippen molar-refractivity contribution in [3.8, 4) is 0 Å². The van der Waals surface area contributed by atoms with Crippen molar-refractivity contribution < 1.29 is 18.3 Å². The molecule has 1 fully saturated rings. The van der Waals surface area contributed by atoms with E-state index in [0.717, 1.165) is 37.8 Å². The number of hydrogen-bond acceptors (Lipinski definition) is 3. The molecule has 2 rings (SSSR count). The van der Waals surface area contributed by atoms with Gasteiger partial charge in [0.05, 0.1) is 11.7 Å². The largest absolute Gasteiger partial charge is 0.416 e. The van der Waals surface area contributed by atoms with Crippen LogP contribution in [0.3, 0.4) is 0 Å². The summed E-state index contributed by atoms with van der Waals surface area (Å²) in [5.74, 6) is 0.730. The number of aliphatic hydroxyl groups is 1. The average Bonchev–Trinajstić information content (AvgIpc) is 2.38. The van der Waals surface area contributed by atoms with E-state index in [1.807, 2.05) is 0 Å². The van der Waals surface area contributed by atoms with Crippen molar-refractivity contribution >= 4 is 11.8 Å². The van der Waals surface area contributed by atoms with Gasteiger partial charge in [-0.05, 0) is 37.6 Å². The molecule has 0 bridgehead atoms. The van der Waals surface area contributed by atoms with E-state index < -0.39 is 11.7 Å². The Bertz CT molecular complexity index is 439. The second-order valence-corrected chi connectivity index (χ2v) is 6.14. The first-order valence-corrected chi connectivity index (χ1v) is 7.64. The minimum absolute atomic E-state index is 0.262. The Labute approximate surface area is 121 Å². The van der Waals surface area contributed by atoms with Gasteiger partial charge in [-0.25, -0.2) is 0 Å². The molecule has 0 aromatic heterocycles. The van der Waals surface area contributed by atoms with Gasteiger partial charge >= 0.3 is 6.18 Å². The number of benzene rings is 1. The number of alkyl halides is 3. The van der Waals surface area contributed by atoms with Crippen molar-refractivity contribution in [1.82, 2.24) is 4.90 Å². The zero-order chi connectivity index (χ0) is 14.6. The average molecular weight is 305 g/mol. The van der Waals surface area contributed by atoms with E-state index in [0.29, 0.717) is 11.4 Å². The van der Waals surface area contributed by atoms with Gasteiger partial charge in [0, 0.05) is 23.7 Å². The molecule has 0 unspecified atom stereocenters. The van der Waals surface area contributed by atoms with E-state index >= 15 is 0 Å². The Morgan fingerprint density at radius 1 is 1.35 bits per heavy atom. The minimum atomic E-state index is -4.28. The van der Waals surface area contributed by atoms with Gasteiger partial charge in [0.25, 0.3) is 0 Å². The summed E-state index contributed by atoms with van der Waals surface area (Å²) >= 11 is 1.42. The normalized spacial score (nSPS) is 21.1. The molecule has 6 heteroatoms. The summed E-state index contributed by atoms with van der Waals surface area (Å²) in [6.07, 6.45) is -2.72. The van der Waals surface area contributed by atoms with Gasteiger partial charge in [-0.2, -0.15) is 13.2 Å². The van der Waals surface area contributed by atoms with Gasteiger partial charge in [0.1, 0.15) is 0 Å². The van der Waals surface area contributed by atoms with Crippen molar-refractivity contribution in [2.45, 2.75) is 30.0 Å². The summed E-state index contributed by atoms with van der Waals surface area (Å²) < 4.78 is 37.7. The fourth-order valence-corrected chi connectivity index (χ4v) is 3.26. The third-order valence-corrected chi connectivity index (χ3v) is 4.29. The second-order valence-electron chi connectivity index (χ2n) is 4.97. The van der Waals surface area contributed by atoms with Crippen molar-refractivity contribution in [3.05, 3.63) is 29.8 Å². The smallest absolute Gasteiger partial charge is 0.392 e. The zero-order valence-electron chi connectivity index (χ0n) is 11.1. The summed E-state index contributed by atoms with van der Waals surface area (Å²) in [5.41, 5.74) is -0.601. The summed E-state index contributed by atoms with van der Waals surface area (Å²) in [4.78, 5) is 2.80. The molecule has 1 heterocycles. The van der Waals surface area contributed by atoms with Crippen LogP contribution >= 0.6 is 11.8 Å². The van der Waals surface area contributed by atoms with Gasteiger partial charge in [-0.3, -0.25) is 4.90 Å². The number of hydrogen-bond donors (Lipinski definition) is 1. The highest BCUT2D eigenvalue weighted by Gasteiger charge is 2.30. The van der Waals surface area contributed by atoms with Crippen LogP contribution in [0.4, 0.5) is 13.2 Å². The number of likely N-dealkylation sites (tertiary alicyclic amines) is 1. The lowest BCUT2D eigenvalue weighted by Crippen LogP contribution is -2.39. The van der Waals surface area contributed by atoms with Crippen LogP contribution < -0.4 is 0 Å². The van der Waals surface area contributed by atoms with E-state index in [1.54, 1.807) is 6.07 Å². The molecule has 0 aliphatic carbocycles. The molecule has 2 nitrogen and oxygen atoms in total. The maximum absolute atomic E-state index is 12.6. The summed E-state index contributed by atoms with van der Waals surface area (Å²) in [7, 11) is 0. The molecule has 1 N–H and O–H groups in total. The lowest BCUT2D eigenvalue weighted by Gasteiger charge is -2.29. The molecule has 1 aromatic carbocycles. The molecule has 1 aliphatic heterocycles. The van der Waals surface area contributed by atoms with Gasteiger partial charge in [0.2, 0.25) is 0 Å². The van der Waals surface area contributed by atoms with Crippen molar-refractivity contribution in [2.75, 3.05) is 25.4 Å². The maximum atomic E-state index is 12.6. The van der Waals surface area contributed by atoms with E-state index in [2.05, 4.69) is 4.90 Å². The van der Waals surface area contributed by atoms with Crippen molar-refractivity contribution in [2.24, 2.45) is 0 Å². The number of halogens is 3. The monoisotopic (exact) mass is 305 g/mol. The Hall–Kier alpha value is -0.720. The highest BCUT2D eigenvalue weighted by Crippen LogP contribution is 2.31. The minimum Gasteiger partial charge on any atom is -0.392 e. The van der Waals surface area contributed by atoms with Crippen LogP contribution in [0.25, 0.3) is 0 Å². The SMILES string of the molecule is O[C@H]1CCCN(CCSc2cccc(C(F)(F)F)c2)C1. The number of nitrogens with zero attached hydrogens (tertiary/aromatic N) is 1. The van der Waals surface area contributed by atoms with Crippen LogP contribution in [0.2, 0.25) is 0 Å². The molecule has 1 atom stereocenters. The van der Waals surface area contributed by atoms with E-state index in [1.165, 1.54) is 23.9 Å². The lowest BCUT2D eigenvalue weighted by molar-refractivity contribution is -0.137. The number of piperidine rings is 1. The highest BCUT2D eigenvalue weighted by molar-refractivity contribution is 7.99. The molecular weight excluding hydrogens is 287 g/mol. The first-order chi connectivity index (χ1) is 9.45. The number of thioether (sulfide) groups is 1. The van der Waals surface area contributed by atoms with E-state index in [9.17, 15) is 18.3 Å². The first kappa shape index (κ1) is 15.7. The quantitative estimate of drug-likeness (QED) is 0.864. The van der Waals surface area contributed by atoms with Crippen LogP contribution in [-0.4, -0.2) is 41.5 Å². The van der Waals surface area contributed by atoms with E-state index in [-0.39, 0.29) is 6.10 Å². The molecule has 20 heavy (non-hydrogen) atoms. The highest BCUT2D eigenvalue weighted by atomic mass is 32.2. The van der Waals surface area contributed by atoms with Crippen LogP contribution in [0.1, 0.15) is 18.4 Å². The molecule has 1 saturated heterocycles. The summed E-state index contributed by atoms with van der Waals surface area (Å²) in [5, 5.41) is 9.55. The molecule has 0 saturated carbocycles. The first-order valence-electron chi connectivity index (χ1n) is 6.65. The predicted octanol–water partition coefficient (Wildman–Crippen LogP) is 3.25. The van der Waals surface area contributed by atoms with E-state index in [4.69, 9.17) is 0 Å². The third-order valence-electron chi connectivity index (χ3n) is 3.32. The van der Waals surface area contributed by atoms with Crippen LogP contribution in [-0.2, 0) is 6.18 Å². The molecule has 112 valence electrons. The topological polar surface area (TPSA) is 23.5 Å². The number of β-amino-alcohol motifs (C(OH)–C–C–N with tert-alkyl or cyclic N) is 1. The lowest BCUT2D eigenvalue weighted by atomic mass is 10.1. The second kappa shape index (κ2) is 6.83. The summed E-state index contributed by atoms with van der Waals surface area (Å²) in [6.45, 7) is 2.42. The standard InChI is InChI=1S/C14H18F3NOS/c15-14(16,17)11-3-1-5-13(9-11)20-8-7-18-6-2-4-12(19)10-18/h1,3,5,9,12,19H,2,4,6-8,10H2/t12-/m0/s1. The van der Waals surface area contributed by atoms with Crippen LogP contribution in [0, 0.1) is 0 Å². The molecule has 0 radical (unpaired) electrons. The fraction of sp³-hybridized carbons (Fsp3) is 0.571. The Kier molecular flexibility index (Phi) is 5.35. The molecular formula is C14H18F3NOS. The Morgan fingerprint density at radius 3 is 2.85 bits per heavy atom. The van der Waals surface area contributed by atoms with Gasteiger partial charge in [0.15, 0.2) is 0 Å². The van der Waals surface area contributed by atoms with Crippen LogP contribution in [0.15, 0.2) is 29.2 Å². The van der Waals surface area contributed by atoms with Gasteiger partial charge < -0.3 is 5.11 Å². The molecule has 1 aromatic rings. The Morgan fingerprint density at radius 2 is 2.15 bits per heavy atom. The van der Waals surface area contributed by atoms with Crippen molar-refractivity contribution in [3.63, 3.8) is 0 Å². The zero-order valence-corrected chi connectivity index (χ0v) is 11.9. The molecule has 1 aliphatic rings. The van der Waals surface area contributed by atoms with Gasteiger partial charge in [-0.15, -0.1) is 11.8 Å². The number of aliphatic hydroxyl groups excluding tert-OH is 1. The van der Waals surface area contributed by atoms with Crippen LogP contribution in [0.5, 0.6) is 0 Å². The Balaban J connectivity index is 1.82. The molecule has 0 amide bonds. The predicted molar refractivity (Wildman–Crippen MR) is 73.8 cm³/mol. The number of rotatable bonds is 4. The van der Waals surface area contributed by atoms with Gasteiger partial charge in [-0.1, -0.05) is 6.07 Å². The van der Waals surface area contributed by atoms with Crippen molar-refractivity contribution in [1.29, 1.82) is 0 Å².